The molecule has 1 heterocycles. The lowest BCUT2D eigenvalue weighted by molar-refractivity contribution is 0.582. The average Bonchev–Trinajstić information content (AvgIpc) is 2.65. The van der Waals surface area contributed by atoms with Gasteiger partial charge in [-0.3, -0.25) is 0 Å². The maximum atomic E-state index is 11.7. The minimum Gasteiger partial charge on any atom is -0.328 e. The number of sulfone groups is 1. The quantitative estimate of drug-likeness (QED) is 0.783. The molecule has 0 amide bonds. The van der Waals surface area contributed by atoms with Crippen molar-refractivity contribution in [3.63, 3.8) is 0 Å². The zero-order chi connectivity index (χ0) is 11.3. The number of rotatable bonds is 6. The van der Waals surface area contributed by atoms with E-state index in [-0.39, 0.29) is 11.8 Å². The molecule has 0 aliphatic heterocycles. The molecule has 0 aliphatic carbocycles. The molecule has 2 N–H and O–H groups in total. The molecule has 0 aliphatic rings. The van der Waals surface area contributed by atoms with Crippen molar-refractivity contribution < 1.29 is 8.42 Å². The lowest BCUT2D eigenvalue weighted by Gasteiger charge is -2.04. The van der Waals surface area contributed by atoms with Gasteiger partial charge in [-0.05, 0) is 31.2 Å². The van der Waals surface area contributed by atoms with Crippen LogP contribution in [0.1, 0.15) is 26.2 Å². The minimum absolute atomic E-state index is 0.162. The van der Waals surface area contributed by atoms with Crippen LogP contribution in [0.25, 0.3) is 0 Å². The van der Waals surface area contributed by atoms with Gasteiger partial charge in [-0.2, -0.15) is 0 Å². The smallest absolute Gasteiger partial charge is 0.187 e. The molecule has 3 nitrogen and oxygen atoms in total. The maximum Gasteiger partial charge on any atom is 0.187 e. The van der Waals surface area contributed by atoms with Crippen molar-refractivity contribution in [2.45, 2.75) is 36.4 Å². The van der Waals surface area contributed by atoms with Crippen molar-refractivity contribution in [1.82, 2.24) is 0 Å². The molecule has 0 radical (unpaired) electrons. The first-order valence-corrected chi connectivity index (χ1v) is 7.57. The van der Waals surface area contributed by atoms with Gasteiger partial charge in [0.25, 0.3) is 0 Å². The van der Waals surface area contributed by atoms with E-state index in [2.05, 4.69) is 0 Å². The summed E-state index contributed by atoms with van der Waals surface area (Å²) in [5.74, 6) is 0.236. The highest BCUT2D eigenvalue weighted by atomic mass is 32.2. The van der Waals surface area contributed by atoms with Crippen LogP contribution in [-0.4, -0.2) is 20.2 Å². The van der Waals surface area contributed by atoms with Crippen LogP contribution in [0.3, 0.4) is 0 Å². The summed E-state index contributed by atoms with van der Waals surface area (Å²) >= 11 is 1.28. The van der Waals surface area contributed by atoms with Crippen LogP contribution in [0.2, 0.25) is 0 Å². The van der Waals surface area contributed by atoms with E-state index in [0.29, 0.717) is 10.6 Å². The van der Waals surface area contributed by atoms with Gasteiger partial charge in [0.05, 0.1) is 5.75 Å². The number of thiophene rings is 1. The van der Waals surface area contributed by atoms with Crippen LogP contribution < -0.4 is 5.73 Å². The molecule has 15 heavy (non-hydrogen) atoms. The average molecular weight is 247 g/mol. The zero-order valence-corrected chi connectivity index (χ0v) is 10.5. The standard InChI is InChI=1S/C10H17NO2S2/c1-9(11)5-2-3-8-15(12,13)10-6-4-7-14-10/h4,6-7,9H,2-3,5,8,11H2,1H3. The normalized spacial score (nSPS) is 14.0. The molecule has 0 bridgehead atoms. The van der Waals surface area contributed by atoms with Gasteiger partial charge in [-0.15, -0.1) is 11.3 Å². The first-order valence-electron chi connectivity index (χ1n) is 5.04. The van der Waals surface area contributed by atoms with Crippen LogP contribution in [0.5, 0.6) is 0 Å². The Hall–Kier alpha value is -0.390. The number of nitrogens with two attached hydrogens (primary N) is 1. The molecule has 0 spiro atoms. The first kappa shape index (κ1) is 12.7. The SMILES string of the molecule is CC(N)CCCCS(=O)(=O)c1cccs1. The van der Waals surface area contributed by atoms with Gasteiger partial charge in [0.2, 0.25) is 0 Å². The molecule has 0 saturated heterocycles. The van der Waals surface area contributed by atoms with Gasteiger partial charge in [-0.1, -0.05) is 12.5 Å². The Labute approximate surface area is 95.2 Å². The van der Waals surface area contributed by atoms with Gasteiger partial charge in [-0.25, -0.2) is 8.42 Å². The monoisotopic (exact) mass is 247 g/mol. The van der Waals surface area contributed by atoms with Gasteiger partial charge < -0.3 is 5.73 Å². The third-order valence-corrected chi connectivity index (χ3v) is 5.41. The molecule has 1 unspecified atom stereocenters. The Morgan fingerprint density at radius 1 is 1.47 bits per heavy atom. The Morgan fingerprint density at radius 2 is 2.20 bits per heavy atom. The Balaban J connectivity index is 2.39. The minimum atomic E-state index is -3.04. The van der Waals surface area contributed by atoms with Crippen LogP contribution in [0, 0.1) is 0 Å². The molecule has 5 heteroatoms. The molecule has 1 rings (SSSR count). The second-order valence-corrected chi connectivity index (χ2v) is 7.01. The van der Waals surface area contributed by atoms with E-state index >= 15 is 0 Å². The predicted molar refractivity (Wildman–Crippen MR) is 63.9 cm³/mol. The third kappa shape index (κ3) is 4.32. The third-order valence-electron chi connectivity index (χ3n) is 2.12. The lowest BCUT2D eigenvalue weighted by Crippen LogP contribution is -2.15. The van der Waals surface area contributed by atoms with Crippen molar-refractivity contribution in [3.8, 4) is 0 Å². The largest absolute Gasteiger partial charge is 0.328 e. The van der Waals surface area contributed by atoms with Gasteiger partial charge >= 0.3 is 0 Å². The summed E-state index contributed by atoms with van der Waals surface area (Å²) in [6, 6.07) is 3.58. The molecule has 0 fully saturated rings. The highest BCUT2D eigenvalue weighted by molar-refractivity contribution is 7.93. The summed E-state index contributed by atoms with van der Waals surface area (Å²) < 4.78 is 23.9. The first-order chi connectivity index (χ1) is 7.02. The van der Waals surface area contributed by atoms with Crippen molar-refractivity contribution in [2.75, 3.05) is 5.75 Å². The molecular weight excluding hydrogens is 230 g/mol. The van der Waals surface area contributed by atoms with E-state index in [0.717, 1.165) is 12.8 Å². The van der Waals surface area contributed by atoms with Crippen LogP contribution >= 0.6 is 11.3 Å². The van der Waals surface area contributed by atoms with Crippen molar-refractivity contribution in [1.29, 1.82) is 0 Å². The van der Waals surface area contributed by atoms with Crippen LogP contribution in [-0.2, 0) is 9.84 Å². The van der Waals surface area contributed by atoms with E-state index in [1.54, 1.807) is 17.5 Å². The number of hydrogen-bond acceptors (Lipinski definition) is 4. The Kier molecular flexibility index (Phi) is 4.76. The predicted octanol–water partition coefficient (Wildman–Crippen LogP) is 2.04. The van der Waals surface area contributed by atoms with E-state index in [1.807, 2.05) is 6.92 Å². The molecule has 1 atom stereocenters. The van der Waals surface area contributed by atoms with E-state index in [9.17, 15) is 8.42 Å². The summed E-state index contributed by atoms with van der Waals surface area (Å²) in [7, 11) is -3.04. The highest BCUT2D eigenvalue weighted by Crippen LogP contribution is 2.18. The summed E-state index contributed by atoms with van der Waals surface area (Å²) in [5, 5.41) is 1.79. The summed E-state index contributed by atoms with van der Waals surface area (Å²) in [5.41, 5.74) is 5.59. The van der Waals surface area contributed by atoms with E-state index in [4.69, 9.17) is 5.73 Å². The van der Waals surface area contributed by atoms with Crippen molar-refractivity contribution in [2.24, 2.45) is 5.73 Å². The molecule has 0 saturated carbocycles. The Morgan fingerprint density at radius 3 is 2.73 bits per heavy atom. The van der Waals surface area contributed by atoms with Gasteiger partial charge in [0, 0.05) is 6.04 Å². The fourth-order valence-electron chi connectivity index (χ4n) is 1.30. The molecule has 0 aromatic carbocycles. The lowest BCUT2D eigenvalue weighted by atomic mass is 10.2. The summed E-state index contributed by atoms with van der Waals surface area (Å²) in [4.78, 5) is 0. The highest BCUT2D eigenvalue weighted by Gasteiger charge is 2.14. The van der Waals surface area contributed by atoms with Crippen molar-refractivity contribution >= 4 is 21.2 Å². The Bertz CT molecular complexity index is 368. The summed E-state index contributed by atoms with van der Waals surface area (Å²) in [6.07, 6.45) is 2.46. The zero-order valence-electron chi connectivity index (χ0n) is 8.85. The van der Waals surface area contributed by atoms with E-state index in [1.165, 1.54) is 11.3 Å². The van der Waals surface area contributed by atoms with Crippen molar-refractivity contribution in [3.05, 3.63) is 17.5 Å². The van der Waals surface area contributed by atoms with Crippen LogP contribution in [0.15, 0.2) is 21.7 Å². The second-order valence-electron chi connectivity index (χ2n) is 3.72. The fraction of sp³-hybridized carbons (Fsp3) is 0.600. The van der Waals surface area contributed by atoms with Crippen LogP contribution in [0.4, 0.5) is 0 Å². The van der Waals surface area contributed by atoms with E-state index < -0.39 is 9.84 Å². The molecule has 86 valence electrons. The fourth-order valence-corrected chi connectivity index (χ4v) is 3.82. The second kappa shape index (κ2) is 5.63. The molecule has 1 aromatic heterocycles. The molecular formula is C10H17NO2S2. The van der Waals surface area contributed by atoms with Gasteiger partial charge in [0.1, 0.15) is 4.21 Å². The maximum absolute atomic E-state index is 11.7. The topological polar surface area (TPSA) is 60.2 Å². The molecule has 1 aromatic rings. The summed E-state index contributed by atoms with van der Waals surface area (Å²) in [6.45, 7) is 1.94. The van der Waals surface area contributed by atoms with Gasteiger partial charge in [0.15, 0.2) is 9.84 Å². The number of unbranched alkanes of at least 4 members (excludes halogenated alkanes) is 1. The number of hydrogen-bond donors (Lipinski definition) is 1.